The molecule has 2 atom stereocenters. The Morgan fingerprint density at radius 2 is 2.05 bits per heavy atom. The van der Waals surface area contributed by atoms with Crippen molar-refractivity contribution >= 4 is 11.9 Å². The van der Waals surface area contributed by atoms with Gasteiger partial charge in [0.2, 0.25) is 5.91 Å². The second kappa shape index (κ2) is 6.58. The number of carbonyl (C=O) groups is 2. The van der Waals surface area contributed by atoms with E-state index in [1.54, 1.807) is 12.1 Å². The minimum absolute atomic E-state index is 0.128. The molecule has 1 heterocycles. The summed E-state index contributed by atoms with van der Waals surface area (Å²) < 4.78 is 0. The van der Waals surface area contributed by atoms with Gasteiger partial charge in [-0.2, -0.15) is 0 Å². The fraction of sp³-hybridized carbons (Fsp3) is 0.467. The number of rotatable bonds is 5. The molecule has 0 aromatic heterocycles. The number of amides is 1. The number of carbonyl (C=O) groups excluding carboxylic acids is 1. The van der Waals surface area contributed by atoms with Crippen LogP contribution in [0.2, 0.25) is 0 Å². The summed E-state index contributed by atoms with van der Waals surface area (Å²) in [6.45, 7) is 1.52. The minimum atomic E-state index is -1.05. The molecule has 1 aliphatic heterocycles. The van der Waals surface area contributed by atoms with Gasteiger partial charge >= 0.3 is 5.97 Å². The van der Waals surface area contributed by atoms with Gasteiger partial charge in [-0.25, -0.2) is 4.79 Å². The maximum Gasteiger partial charge on any atom is 0.326 e. The van der Waals surface area contributed by atoms with E-state index in [1.165, 1.54) is 12.1 Å². The Hall–Kier alpha value is -2.08. The molecule has 21 heavy (non-hydrogen) atoms. The summed E-state index contributed by atoms with van der Waals surface area (Å²) in [4.78, 5) is 25.5. The second-order valence-corrected chi connectivity index (χ2v) is 5.52. The molecule has 2 rings (SSSR count). The zero-order valence-electron chi connectivity index (χ0n) is 12.0. The van der Waals surface area contributed by atoms with Gasteiger partial charge in [-0.05, 0) is 37.7 Å². The summed E-state index contributed by atoms with van der Waals surface area (Å²) >= 11 is 0. The number of nitrogens with zero attached hydrogens (tertiary/aromatic N) is 1. The van der Waals surface area contributed by atoms with E-state index in [1.807, 2.05) is 7.05 Å². The van der Waals surface area contributed by atoms with Gasteiger partial charge in [0.1, 0.15) is 11.8 Å². The number of likely N-dealkylation sites (tertiary alicyclic amines) is 1. The molecule has 6 nitrogen and oxygen atoms in total. The van der Waals surface area contributed by atoms with Crippen molar-refractivity contribution in [2.24, 2.45) is 5.92 Å². The van der Waals surface area contributed by atoms with E-state index < -0.39 is 12.0 Å². The number of nitrogens with one attached hydrogen (secondary N) is 1. The summed E-state index contributed by atoms with van der Waals surface area (Å²) in [6, 6.07) is 5.36. The topological polar surface area (TPSA) is 89.9 Å². The number of hydrogen-bond donors (Lipinski definition) is 3. The van der Waals surface area contributed by atoms with Crippen LogP contribution >= 0.6 is 0 Å². The zero-order valence-corrected chi connectivity index (χ0v) is 12.0. The maximum absolute atomic E-state index is 12.1. The molecule has 3 N–H and O–H groups in total. The van der Waals surface area contributed by atoms with Crippen LogP contribution in [0.1, 0.15) is 12.0 Å². The van der Waals surface area contributed by atoms with Crippen LogP contribution in [0.25, 0.3) is 0 Å². The molecule has 114 valence electrons. The van der Waals surface area contributed by atoms with Crippen LogP contribution in [0.5, 0.6) is 5.75 Å². The number of aliphatic carboxylic acids is 1. The molecule has 0 bridgehead atoms. The highest BCUT2D eigenvalue weighted by Gasteiger charge is 2.29. The van der Waals surface area contributed by atoms with Gasteiger partial charge in [0, 0.05) is 13.0 Å². The van der Waals surface area contributed by atoms with Gasteiger partial charge < -0.3 is 20.4 Å². The number of phenolic OH excluding ortho intramolecular Hbond substituents is 1. The zero-order chi connectivity index (χ0) is 15.4. The average Bonchev–Trinajstić information content (AvgIpc) is 2.87. The van der Waals surface area contributed by atoms with Gasteiger partial charge in [-0.1, -0.05) is 12.1 Å². The smallest absolute Gasteiger partial charge is 0.326 e. The number of carboxylic acid groups (broad SMARTS) is 1. The fourth-order valence-electron chi connectivity index (χ4n) is 2.51. The lowest BCUT2D eigenvalue weighted by atomic mass is 10.0. The molecule has 0 spiro atoms. The Labute approximate surface area is 123 Å². The lowest BCUT2D eigenvalue weighted by Crippen LogP contribution is -2.45. The van der Waals surface area contributed by atoms with Crippen LogP contribution in [0, 0.1) is 5.92 Å². The Morgan fingerprint density at radius 3 is 2.57 bits per heavy atom. The van der Waals surface area contributed by atoms with E-state index in [4.69, 9.17) is 0 Å². The predicted molar refractivity (Wildman–Crippen MR) is 77.0 cm³/mol. The quantitative estimate of drug-likeness (QED) is 0.733. The Morgan fingerprint density at radius 1 is 1.38 bits per heavy atom. The fourth-order valence-corrected chi connectivity index (χ4v) is 2.51. The highest BCUT2D eigenvalue weighted by molar-refractivity contribution is 5.85. The SMILES string of the molecule is CN1CCC(C(=O)N[C@H](Cc2ccc(O)cc2)C(=O)O)C1. The Kier molecular flexibility index (Phi) is 4.80. The molecule has 0 saturated carbocycles. The van der Waals surface area contributed by atoms with Crippen molar-refractivity contribution in [1.82, 2.24) is 10.2 Å². The molecule has 1 aromatic rings. The highest BCUT2D eigenvalue weighted by Crippen LogP contribution is 2.15. The summed E-state index contributed by atoms with van der Waals surface area (Å²) in [5.74, 6) is -1.27. The van der Waals surface area contributed by atoms with Crippen molar-refractivity contribution in [1.29, 1.82) is 0 Å². The van der Waals surface area contributed by atoms with Gasteiger partial charge in [0.25, 0.3) is 0 Å². The molecule has 1 aliphatic rings. The standard InChI is InChI=1S/C15H20N2O4/c1-17-7-6-11(9-17)14(19)16-13(15(20)21)8-10-2-4-12(18)5-3-10/h2-5,11,13,18H,6-9H2,1H3,(H,16,19)(H,20,21)/t11?,13-/m1/s1. The van der Waals surface area contributed by atoms with E-state index in [9.17, 15) is 19.8 Å². The molecule has 1 fully saturated rings. The average molecular weight is 292 g/mol. The lowest BCUT2D eigenvalue weighted by Gasteiger charge is -2.17. The Balaban J connectivity index is 1.97. The number of carboxylic acids is 1. The predicted octanol–water partition coefficient (Wildman–Crippen LogP) is 0.456. The van der Waals surface area contributed by atoms with Crippen molar-refractivity contribution in [2.75, 3.05) is 20.1 Å². The highest BCUT2D eigenvalue weighted by atomic mass is 16.4. The number of phenols is 1. The summed E-state index contributed by atoms with van der Waals surface area (Å²) in [6.07, 6.45) is 0.956. The van der Waals surface area contributed by atoms with Crippen molar-refractivity contribution in [3.05, 3.63) is 29.8 Å². The maximum atomic E-state index is 12.1. The van der Waals surface area contributed by atoms with Crippen LogP contribution in [-0.4, -0.2) is 53.2 Å². The van der Waals surface area contributed by atoms with Crippen molar-refractivity contribution in [3.8, 4) is 5.75 Å². The van der Waals surface area contributed by atoms with E-state index in [0.717, 1.165) is 18.5 Å². The number of aromatic hydroxyl groups is 1. The molecular formula is C15H20N2O4. The number of benzene rings is 1. The molecule has 1 aromatic carbocycles. The normalized spacial score (nSPS) is 20.1. The van der Waals surface area contributed by atoms with Crippen LogP contribution in [0.4, 0.5) is 0 Å². The van der Waals surface area contributed by atoms with Crippen molar-refractivity contribution in [3.63, 3.8) is 0 Å². The first kappa shape index (κ1) is 15.3. The van der Waals surface area contributed by atoms with Crippen LogP contribution in [0.15, 0.2) is 24.3 Å². The third kappa shape index (κ3) is 4.19. The molecule has 1 saturated heterocycles. The van der Waals surface area contributed by atoms with Gasteiger partial charge in [-0.15, -0.1) is 0 Å². The summed E-state index contributed by atoms with van der Waals surface area (Å²) in [5.41, 5.74) is 0.754. The van der Waals surface area contributed by atoms with E-state index in [2.05, 4.69) is 10.2 Å². The summed E-state index contributed by atoms with van der Waals surface area (Å²) in [5, 5.41) is 21.1. The molecule has 6 heteroatoms. The van der Waals surface area contributed by atoms with Crippen molar-refractivity contribution in [2.45, 2.75) is 18.9 Å². The van der Waals surface area contributed by atoms with E-state index in [-0.39, 0.29) is 24.0 Å². The Bertz CT molecular complexity index is 515. The second-order valence-electron chi connectivity index (χ2n) is 5.52. The van der Waals surface area contributed by atoms with Gasteiger partial charge in [-0.3, -0.25) is 4.79 Å². The molecule has 0 radical (unpaired) electrons. The molecular weight excluding hydrogens is 272 g/mol. The molecule has 1 unspecified atom stereocenters. The van der Waals surface area contributed by atoms with Crippen LogP contribution < -0.4 is 5.32 Å². The van der Waals surface area contributed by atoms with Gasteiger partial charge in [0.05, 0.1) is 5.92 Å². The van der Waals surface area contributed by atoms with Crippen molar-refractivity contribution < 1.29 is 19.8 Å². The van der Waals surface area contributed by atoms with Crippen LogP contribution in [0.3, 0.4) is 0 Å². The first-order valence-corrected chi connectivity index (χ1v) is 6.95. The third-order valence-electron chi connectivity index (χ3n) is 3.75. The monoisotopic (exact) mass is 292 g/mol. The first-order valence-electron chi connectivity index (χ1n) is 6.95. The van der Waals surface area contributed by atoms with E-state index >= 15 is 0 Å². The van der Waals surface area contributed by atoms with E-state index in [0.29, 0.717) is 6.54 Å². The lowest BCUT2D eigenvalue weighted by molar-refractivity contribution is -0.142. The minimum Gasteiger partial charge on any atom is -0.508 e. The third-order valence-corrected chi connectivity index (χ3v) is 3.75. The molecule has 0 aliphatic carbocycles. The molecule has 1 amide bonds. The summed E-state index contributed by atoms with van der Waals surface area (Å²) in [7, 11) is 1.94. The number of hydrogen-bond acceptors (Lipinski definition) is 4. The van der Waals surface area contributed by atoms with Crippen LogP contribution in [-0.2, 0) is 16.0 Å². The largest absolute Gasteiger partial charge is 0.508 e. The first-order chi connectivity index (χ1) is 9.95. The van der Waals surface area contributed by atoms with Gasteiger partial charge in [0.15, 0.2) is 0 Å².